The number of likely N-dealkylation sites (N-methyl/N-ethyl adjacent to an activating group) is 1. The Morgan fingerprint density at radius 1 is 1.22 bits per heavy atom. The zero-order valence-electron chi connectivity index (χ0n) is 11.4. The summed E-state index contributed by atoms with van der Waals surface area (Å²) in [5.41, 5.74) is 3.21. The highest BCUT2D eigenvalue weighted by atomic mass is 15.3. The van der Waals surface area contributed by atoms with E-state index in [1.54, 1.807) is 0 Å². The molecule has 1 atom stereocenters. The SMILES string of the molecule is CN1CCN(CC2(C)CCNC2)c2ccccc21. The second-order valence-electron chi connectivity index (χ2n) is 6.07. The zero-order valence-corrected chi connectivity index (χ0v) is 11.4. The molecule has 2 heterocycles. The van der Waals surface area contributed by atoms with Crippen molar-refractivity contribution in [2.75, 3.05) is 49.6 Å². The Kier molecular flexibility index (Phi) is 2.94. The lowest BCUT2D eigenvalue weighted by molar-refractivity contribution is 0.364. The van der Waals surface area contributed by atoms with E-state index in [9.17, 15) is 0 Å². The Hall–Kier alpha value is -1.22. The van der Waals surface area contributed by atoms with Crippen molar-refractivity contribution in [2.24, 2.45) is 5.41 Å². The molecule has 18 heavy (non-hydrogen) atoms. The normalized spacial score (nSPS) is 27.4. The molecule has 0 aliphatic carbocycles. The first-order valence-corrected chi connectivity index (χ1v) is 6.94. The van der Waals surface area contributed by atoms with Gasteiger partial charge in [-0.05, 0) is 30.5 Å². The van der Waals surface area contributed by atoms with Crippen LogP contribution in [-0.2, 0) is 0 Å². The highest BCUT2D eigenvalue weighted by Crippen LogP contribution is 2.35. The first-order chi connectivity index (χ1) is 8.68. The van der Waals surface area contributed by atoms with Crippen LogP contribution < -0.4 is 15.1 Å². The predicted molar refractivity (Wildman–Crippen MR) is 77.5 cm³/mol. The predicted octanol–water partition coefficient (Wildman–Crippen LogP) is 1.94. The van der Waals surface area contributed by atoms with Gasteiger partial charge in [-0.15, -0.1) is 0 Å². The summed E-state index contributed by atoms with van der Waals surface area (Å²) in [7, 11) is 2.19. The van der Waals surface area contributed by atoms with Crippen LogP contribution >= 0.6 is 0 Å². The van der Waals surface area contributed by atoms with Crippen LogP contribution in [0.25, 0.3) is 0 Å². The Labute approximate surface area is 110 Å². The lowest BCUT2D eigenvalue weighted by Gasteiger charge is -2.40. The van der Waals surface area contributed by atoms with Gasteiger partial charge in [-0.25, -0.2) is 0 Å². The topological polar surface area (TPSA) is 18.5 Å². The fourth-order valence-electron chi connectivity index (χ4n) is 3.19. The van der Waals surface area contributed by atoms with Gasteiger partial charge in [-0.3, -0.25) is 0 Å². The molecule has 1 unspecified atom stereocenters. The van der Waals surface area contributed by atoms with Crippen LogP contribution in [0.3, 0.4) is 0 Å². The van der Waals surface area contributed by atoms with Crippen LogP contribution in [0.2, 0.25) is 0 Å². The summed E-state index contributed by atoms with van der Waals surface area (Å²) >= 11 is 0. The van der Waals surface area contributed by atoms with Crippen molar-refractivity contribution in [3.05, 3.63) is 24.3 Å². The van der Waals surface area contributed by atoms with Gasteiger partial charge in [0.25, 0.3) is 0 Å². The van der Waals surface area contributed by atoms with Gasteiger partial charge < -0.3 is 15.1 Å². The van der Waals surface area contributed by atoms with E-state index >= 15 is 0 Å². The van der Waals surface area contributed by atoms with Crippen molar-refractivity contribution in [1.29, 1.82) is 0 Å². The number of hydrogen-bond acceptors (Lipinski definition) is 3. The molecule has 1 fully saturated rings. The summed E-state index contributed by atoms with van der Waals surface area (Å²) in [5.74, 6) is 0. The Balaban J connectivity index is 1.84. The van der Waals surface area contributed by atoms with E-state index in [1.807, 2.05) is 0 Å². The third-order valence-electron chi connectivity index (χ3n) is 4.37. The number of benzene rings is 1. The highest BCUT2D eigenvalue weighted by Gasteiger charge is 2.32. The standard InChI is InChI=1S/C15H23N3/c1-15(7-8-16-11-15)12-18-10-9-17(2)13-5-3-4-6-14(13)18/h3-6,16H,7-12H2,1-2H3. The summed E-state index contributed by atoms with van der Waals surface area (Å²) in [4.78, 5) is 4.93. The molecule has 0 spiro atoms. The third-order valence-corrected chi connectivity index (χ3v) is 4.37. The molecule has 1 aromatic rings. The Bertz CT molecular complexity index is 424. The molecule has 98 valence electrons. The molecule has 3 nitrogen and oxygen atoms in total. The van der Waals surface area contributed by atoms with Crippen molar-refractivity contribution >= 4 is 11.4 Å². The lowest BCUT2D eigenvalue weighted by Crippen LogP contribution is -2.44. The van der Waals surface area contributed by atoms with E-state index in [0.29, 0.717) is 5.41 Å². The molecular formula is C15H23N3. The molecule has 0 radical (unpaired) electrons. The molecule has 1 saturated heterocycles. The smallest absolute Gasteiger partial charge is 0.0604 e. The first-order valence-electron chi connectivity index (χ1n) is 6.94. The van der Waals surface area contributed by atoms with Gasteiger partial charge in [0.15, 0.2) is 0 Å². The second-order valence-corrected chi connectivity index (χ2v) is 6.07. The molecule has 0 aromatic heterocycles. The summed E-state index contributed by atoms with van der Waals surface area (Å²) < 4.78 is 0. The second kappa shape index (κ2) is 4.47. The molecule has 1 aromatic carbocycles. The summed E-state index contributed by atoms with van der Waals surface area (Å²) in [6, 6.07) is 8.78. The van der Waals surface area contributed by atoms with Gasteiger partial charge in [0.1, 0.15) is 0 Å². The van der Waals surface area contributed by atoms with Gasteiger partial charge in [-0.1, -0.05) is 19.1 Å². The van der Waals surface area contributed by atoms with Gasteiger partial charge >= 0.3 is 0 Å². The number of para-hydroxylation sites is 2. The molecule has 1 N–H and O–H groups in total. The Morgan fingerprint density at radius 3 is 2.72 bits per heavy atom. The molecule has 2 aliphatic heterocycles. The average molecular weight is 245 g/mol. The van der Waals surface area contributed by atoms with E-state index in [4.69, 9.17) is 0 Å². The van der Waals surface area contributed by atoms with Crippen molar-refractivity contribution in [2.45, 2.75) is 13.3 Å². The number of fused-ring (bicyclic) bond motifs is 1. The van der Waals surface area contributed by atoms with Crippen molar-refractivity contribution in [3.8, 4) is 0 Å². The third kappa shape index (κ3) is 2.07. The quantitative estimate of drug-likeness (QED) is 0.859. The number of nitrogens with zero attached hydrogens (tertiary/aromatic N) is 2. The van der Waals surface area contributed by atoms with E-state index in [-0.39, 0.29) is 0 Å². The van der Waals surface area contributed by atoms with Crippen LogP contribution in [0.4, 0.5) is 11.4 Å². The molecule has 3 heteroatoms. The number of rotatable bonds is 2. The van der Waals surface area contributed by atoms with Crippen LogP contribution in [0.15, 0.2) is 24.3 Å². The number of nitrogens with one attached hydrogen (secondary N) is 1. The van der Waals surface area contributed by atoms with Gasteiger partial charge in [-0.2, -0.15) is 0 Å². The van der Waals surface area contributed by atoms with Crippen LogP contribution in [0, 0.1) is 5.41 Å². The molecule has 0 amide bonds. The van der Waals surface area contributed by atoms with Gasteiger partial charge in [0.2, 0.25) is 0 Å². The fraction of sp³-hybridized carbons (Fsp3) is 0.600. The first kappa shape index (κ1) is 11.8. The summed E-state index contributed by atoms with van der Waals surface area (Å²) in [5, 5.41) is 3.50. The molecule has 0 saturated carbocycles. The fourth-order valence-corrected chi connectivity index (χ4v) is 3.19. The molecule has 3 rings (SSSR count). The van der Waals surface area contributed by atoms with Crippen molar-refractivity contribution in [1.82, 2.24) is 5.32 Å². The maximum atomic E-state index is 3.50. The summed E-state index contributed by atoms with van der Waals surface area (Å²) in [6.07, 6.45) is 1.29. The van der Waals surface area contributed by atoms with E-state index < -0.39 is 0 Å². The van der Waals surface area contributed by atoms with Crippen LogP contribution in [0.5, 0.6) is 0 Å². The molecule has 0 bridgehead atoms. The van der Waals surface area contributed by atoms with Crippen LogP contribution in [-0.4, -0.2) is 39.8 Å². The van der Waals surface area contributed by atoms with Gasteiger partial charge in [0, 0.05) is 33.2 Å². The number of anilines is 2. The Morgan fingerprint density at radius 2 is 2.00 bits per heavy atom. The zero-order chi connectivity index (χ0) is 12.6. The van der Waals surface area contributed by atoms with E-state index in [1.165, 1.54) is 30.9 Å². The van der Waals surface area contributed by atoms with Crippen molar-refractivity contribution in [3.63, 3.8) is 0 Å². The minimum atomic E-state index is 0.434. The maximum absolute atomic E-state index is 3.50. The monoisotopic (exact) mass is 245 g/mol. The summed E-state index contributed by atoms with van der Waals surface area (Å²) in [6.45, 7) is 8.18. The van der Waals surface area contributed by atoms with Crippen LogP contribution in [0.1, 0.15) is 13.3 Å². The van der Waals surface area contributed by atoms with Crippen molar-refractivity contribution < 1.29 is 0 Å². The maximum Gasteiger partial charge on any atom is 0.0604 e. The van der Waals surface area contributed by atoms with E-state index in [2.05, 4.69) is 53.4 Å². The largest absolute Gasteiger partial charge is 0.371 e. The minimum absolute atomic E-state index is 0.434. The number of hydrogen-bond donors (Lipinski definition) is 1. The van der Waals surface area contributed by atoms with Gasteiger partial charge in [0.05, 0.1) is 11.4 Å². The minimum Gasteiger partial charge on any atom is -0.371 e. The lowest BCUT2D eigenvalue weighted by atomic mass is 9.88. The highest BCUT2D eigenvalue weighted by molar-refractivity contribution is 5.73. The average Bonchev–Trinajstić information content (AvgIpc) is 2.80. The molecular weight excluding hydrogens is 222 g/mol. The molecule has 2 aliphatic rings. The van der Waals surface area contributed by atoms with E-state index in [0.717, 1.165) is 19.6 Å².